The Bertz CT molecular complexity index is 1090. The van der Waals surface area contributed by atoms with Crippen molar-refractivity contribution in [1.82, 2.24) is 14.9 Å². The summed E-state index contributed by atoms with van der Waals surface area (Å²) < 4.78 is 11.5. The molecule has 1 aliphatic heterocycles. The summed E-state index contributed by atoms with van der Waals surface area (Å²) >= 11 is 0. The fourth-order valence-corrected chi connectivity index (χ4v) is 4.13. The van der Waals surface area contributed by atoms with Gasteiger partial charge >= 0.3 is 0 Å². The summed E-state index contributed by atoms with van der Waals surface area (Å²) in [7, 11) is 0. The van der Waals surface area contributed by atoms with Crippen molar-refractivity contribution in [3.8, 4) is 5.88 Å². The number of hydrogen-bond acceptors (Lipinski definition) is 8. The third-order valence-corrected chi connectivity index (χ3v) is 5.90. The second-order valence-corrected chi connectivity index (χ2v) is 8.64. The summed E-state index contributed by atoms with van der Waals surface area (Å²) in [5.41, 5.74) is 4.02. The molecule has 0 aliphatic carbocycles. The van der Waals surface area contributed by atoms with E-state index in [0.29, 0.717) is 18.3 Å². The van der Waals surface area contributed by atoms with Crippen LogP contribution >= 0.6 is 0 Å². The average molecular weight is 507 g/mol. The molecule has 8 heteroatoms. The zero-order valence-electron chi connectivity index (χ0n) is 22.8. The Hall–Kier alpha value is -3.23. The minimum atomic E-state index is 0.523. The van der Waals surface area contributed by atoms with Crippen LogP contribution in [0.15, 0.2) is 53.6 Å². The number of ether oxygens (including phenoxy) is 2. The Balaban J connectivity index is 0.00000186. The molecule has 1 aromatic heterocycles. The summed E-state index contributed by atoms with van der Waals surface area (Å²) in [5.74, 6) is 1.97. The van der Waals surface area contributed by atoms with Gasteiger partial charge in [0.15, 0.2) is 5.82 Å². The summed E-state index contributed by atoms with van der Waals surface area (Å²) in [5, 5.41) is 6.77. The summed E-state index contributed by atoms with van der Waals surface area (Å²) in [6.45, 7) is 15.1. The van der Waals surface area contributed by atoms with Crippen molar-refractivity contribution in [3.05, 3.63) is 54.4 Å². The van der Waals surface area contributed by atoms with Crippen molar-refractivity contribution < 1.29 is 9.47 Å². The first-order valence-electron chi connectivity index (χ1n) is 13.6. The molecule has 0 radical (unpaired) electrons. The molecule has 200 valence electrons. The van der Waals surface area contributed by atoms with E-state index < -0.39 is 0 Å². The highest BCUT2D eigenvalue weighted by atomic mass is 16.5. The molecule has 1 aliphatic rings. The molecule has 1 saturated heterocycles. The van der Waals surface area contributed by atoms with Gasteiger partial charge < -0.3 is 14.4 Å². The molecular weight excluding hydrogens is 464 g/mol. The van der Waals surface area contributed by atoms with Gasteiger partial charge in [0.2, 0.25) is 5.88 Å². The fourth-order valence-electron chi connectivity index (χ4n) is 4.13. The maximum atomic E-state index is 6.07. The lowest BCUT2D eigenvalue weighted by Gasteiger charge is -2.26. The largest absolute Gasteiger partial charge is 0.476 e. The van der Waals surface area contributed by atoms with Crippen LogP contribution in [0.25, 0.3) is 10.8 Å². The number of nitrogens with one attached hydrogen (secondary N) is 1. The van der Waals surface area contributed by atoms with Gasteiger partial charge in [-0.05, 0) is 35.7 Å². The molecule has 2 heterocycles. The predicted octanol–water partition coefficient (Wildman–Crippen LogP) is 5.44. The number of fused-ring (bicyclic) bond motifs is 1. The van der Waals surface area contributed by atoms with E-state index in [1.54, 1.807) is 6.21 Å². The molecule has 3 aromatic rings. The minimum absolute atomic E-state index is 0.523. The maximum Gasteiger partial charge on any atom is 0.219 e. The van der Waals surface area contributed by atoms with E-state index in [-0.39, 0.29) is 0 Å². The number of rotatable bonds is 12. The van der Waals surface area contributed by atoms with Gasteiger partial charge in [-0.25, -0.2) is 4.98 Å². The molecule has 1 fully saturated rings. The number of nitrogens with zero attached hydrogens (tertiary/aromatic N) is 5. The quantitative estimate of drug-likeness (QED) is 0.259. The molecule has 37 heavy (non-hydrogen) atoms. The van der Waals surface area contributed by atoms with Gasteiger partial charge in [-0.15, -0.1) is 0 Å². The van der Waals surface area contributed by atoms with Gasteiger partial charge in [-0.2, -0.15) is 10.1 Å². The lowest BCUT2D eigenvalue weighted by atomic mass is 10.1. The van der Waals surface area contributed by atoms with Gasteiger partial charge in [0.1, 0.15) is 12.4 Å². The molecule has 0 spiro atoms. The van der Waals surface area contributed by atoms with Crippen molar-refractivity contribution in [2.45, 2.75) is 40.5 Å². The maximum absolute atomic E-state index is 6.07. The van der Waals surface area contributed by atoms with Crippen LogP contribution in [0.5, 0.6) is 5.88 Å². The van der Waals surface area contributed by atoms with Gasteiger partial charge in [0, 0.05) is 38.8 Å². The van der Waals surface area contributed by atoms with Crippen LogP contribution in [0.4, 0.5) is 11.5 Å². The lowest BCUT2D eigenvalue weighted by Crippen LogP contribution is -2.38. The van der Waals surface area contributed by atoms with Gasteiger partial charge in [0.25, 0.3) is 0 Å². The zero-order chi connectivity index (χ0) is 26.3. The monoisotopic (exact) mass is 506 g/mol. The second kappa shape index (κ2) is 15.8. The molecule has 0 amide bonds. The van der Waals surface area contributed by atoms with E-state index >= 15 is 0 Å². The van der Waals surface area contributed by atoms with Crippen molar-refractivity contribution >= 4 is 28.5 Å². The van der Waals surface area contributed by atoms with E-state index in [0.717, 1.165) is 75.7 Å². The third kappa shape index (κ3) is 8.98. The van der Waals surface area contributed by atoms with Gasteiger partial charge in [-0.3, -0.25) is 10.3 Å². The SMILES string of the molecule is CC.CCCN(CCC)c1cc(OCCN2CCOCC2)nc(/C=N/Nc2ccc3ccccc3c2)n1. The molecule has 4 rings (SSSR count). The first kappa shape index (κ1) is 28.3. The molecule has 8 nitrogen and oxygen atoms in total. The first-order chi connectivity index (χ1) is 18.2. The summed E-state index contributed by atoms with van der Waals surface area (Å²) in [4.78, 5) is 14.0. The number of aromatic nitrogens is 2. The molecular formula is C29H42N6O2. The number of hydrazone groups is 1. The average Bonchev–Trinajstić information content (AvgIpc) is 2.94. The number of benzene rings is 2. The Morgan fingerprint density at radius 2 is 1.73 bits per heavy atom. The number of anilines is 2. The lowest BCUT2D eigenvalue weighted by molar-refractivity contribution is 0.0320. The predicted molar refractivity (Wildman–Crippen MR) is 154 cm³/mol. The van der Waals surface area contributed by atoms with Gasteiger partial charge in [-0.1, -0.05) is 58.0 Å². The summed E-state index contributed by atoms with van der Waals surface area (Å²) in [6.07, 6.45) is 3.75. The van der Waals surface area contributed by atoms with Crippen LogP contribution in [0.1, 0.15) is 46.4 Å². The molecule has 1 N–H and O–H groups in total. The Kier molecular flexibility index (Phi) is 12.1. The highest BCUT2D eigenvalue weighted by molar-refractivity contribution is 5.86. The van der Waals surface area contributed by atoms with Crippen LogP contribution in [0.2, 0.25) is 0 Å². The normalized spacial score (nSPS) is 13.8. The van der Waals surface area contributed by atoms with E-state index in [9.17, 15) is 0 Å². The van der Waals surface area contributed by atoms with E-state index in [2.05, 4.69) is 63.4 Å². The van der Waals surface area contributed by atoms with Crippen molar-refractivity contribution in [3.63, 3.8) is 0 Å². The molecule has 0 saturated carbocycles. The smallest absolute Gasteiger partial charge is 0.219 e. The van der Waals surface area contributed by atoms with Crippen LogP contribution in [0.3, 0.4) is 0 Å². The van der Waals surface area contributed by atoms with E-state index in [4.69, 9.17) is 14.5 Å². The Labute approximate surface area is 221 Å². The van der Waals surface area contributed by atoms with E-state index in [1.165, 1.54) is 5.39 Å². The summed E-state index contributed by atoms with van der Waals surface area (Å²) in [6, 6.07) is 16.4. The minimum Gasteiger partial charge on any atom is -0.476 e. The standard InChI is InChI=1S/C27H36N6O2.C2H6/c1-3-11-33(12-4-2)26-20-27(35-18-15-32-13-16-34-17-14-32)30-25(29-26)21-28-31-24-10-9-22-7-5-6-8-23(22)19-24;1-2/h5-10,19-21,31H,3-4,11-18H2,1-2H3;1-2H3/b28-21+;. The molecule has 0 bridgehead atoms. The van der Waals surface area contributed by atoms with Crippen molar-refractivity contribution in [2.75, 3.05) is 62.9 Å². The topological polar surface area (TPSA) is 75.1 Å². The van der Waals surface area contributed by atoms with E-state index in [1.807, 2.05) is 38.1 Å². The zero-order valence-corrected chi connectivity index (χ0v) is 22.8. The first-order valence-corrected chi connectivity index (χ1v) is 13.6. The van der Waals surface area contributed by atoms with Crippen LogP contribution < -0.4 is 15.1 Å². The highest BCUT2D eigenvalue weighted by Crippen LogP contribution is 2.20. The third-order valence-electron chi connectivity index (χ3n) is 5.90. The van der Waals surface area contributed by atoms with Crippen LogP contribution in [-0.2, 0) is 4.74 Å². The van der Waals surface area contributed by atoms with Crippen molar-refractivity contribution in [1.29, 1.82) is 0 Å². The molecule has 0 atom stereocenters. The van der Waals surface area contributed by atoms with Crippen LogP contribution in [0, 0.1) is 0 Å². The van der Waals surface area contributed by atoms with Gasteiger partial charge in [0.05, 0.1) is 25.1 Å². The van der Waals surface area contributed by atoms with Crippen LogP contribution in [-0.4, -0.2) is 73.6 Å². The number of morpholine rings is 1. The Morgan fingerprint density at radius 1 is 1.00 bits per heavy atom. The molecule has 2 aromatic carbocycles. The van der Waals surface area contributed by atoms with Crippen molar-refractivity contribution in [2.24, 2.45) is 5.10 Å². The molecule has 0 unspecified atom stereocenters. The Morgan fingerprint density at radius 3 is 2.46 bits per heavy atom. The fraction of sp³-hybridized carbons (Fsp3) is 0.483. The highest BCUT2D eigenvalue weighted by Gasteiger charge is 2.13. The number of hydrogen-bond donors (Lipinski definition) is 1. The second-order valence-electron chi connectivity index (χ2n) is 8.64.